The summed E-state index contributed by atoms with van der Waals surface area (Å²) in [6.45, 7) is 9.48. The second-order valence-corrected chi connectivity index (χ2v) is 7.21. The number of hydrogen-bond donors (Lipinski definition) is 0. The van der Waals surface area contributed by atoms with E-state index in [9.17, 15) is 0 Å². The van der Waals surface area contributed by atoms with E-state index in [2.05, 4.69) is 64.9 Å². The molecule has 0 saturated heterocycles. The molecular formula is C21H25ClN4. The van der Waals surface area contributed by atoms with Crippen molar-refractivity contribution in [2.45, 2.75) is 19.9 Å². The van der Waals surface area contributed by atoms with Crippen LogP contribution in [-0.4, -0.2) is 43.6 Å². The first-order valence-corrected chi connectivity index (χ1v) is 9.78. The molecule has 2 aliphatic heterocycles. The van der Waals surface area contributed by atoms with Crippen molar-refractivity contribution < 1.29 is 0 Å². The van der Waals surface area contributed by atoms with Crippen molar-refractivity contribution in [1.82, 2.24) is 4.90 Å². The van der Waals surface area contributed by atoms with E-state index in [4.69, 9.17) is 16.6 Å². The summed E-state index contributed by atoms with van der Waals surface area (Å²) in [4.78, 5) is 12.3. The van der Waals surface area contributed by atoms with Gasteiger partial charge in [0.1, 0.15) is 0 Å². The lowest BCUT2D eigenvalue weighted by atomic mass is 10.1. The maximum Gasteiger partial charge on any atom is 0.206 e. The van der Waals surface area contributed by atoms with Crippen molar-refractivity contribution in [3.8, 4) is 0 Å². The summed E-state index contributed by atoms with van der Waals surface area (Å²) in [7, 11) is 0. The first kappa shape index (κ1) is 17.4. The topological polar surface area (TPSA) is 22.1 Å². The van der Waals surface area contributed by atoms with Crippen LogP contribution in [0.4, 0.5) is 11.4 Å². The van der Waals surface area contributed by atoms with Gasteiger partial charge < -0.3 is 14.7 Å². The number of nitrogens with zero attached hydrogens (tertiary/aromatic N) is 4. The monoisotopic (exact) mass is 368 g/mol. The van der Waals surface area contributed by atoms with E-state index in [0.29, 0.717) is 0 Å². The third kappa shape index (κ3) is 3.08. The van der Waals surface area contributed by atoms with Gasteiger partial charge in [0.2, 0.25) is 5.96 Å². The van der Waals surface area contributed by atoms with E-state index < -0.39 is 0 Å². The fraction of sp³-hybridized carbons (Fsp3) is 0.381. The third-order valence-corrected chi connectivity index (χ3v) is 5.61. The fourth-order valence-electron chi connectivity index (χ4n) is 3.82. The summed E-state index contributed by atoms with van der Waals surface area (Å²) >= 11 is 6.04. The number of para-hydroxylation sites is 2. The Morgan fingerprint density at radius 3 is 2.42 bits per heavy atom. The molecule has 5 heteroatoms. The lowest BCUT2D eigenvalue weighted by Crippen LogP contribution is -2.40. The lowest BCUT2D eigenvalue weighted by molar-refractivity contribution is 0.313. The predicted octanol–water partition coefficient (Wildman–Crippen LogP) is 4.42. The molecular weight excluding hydrogens is 344 g/mol. The molecule has 0 aliphatic carbocycles. The quantitative estimate of drug-likeness (QED) is 0.753. The molecule has 0 bridgehead atoms. The minimum absolute atomic E-state index is 0.159. The SMILES string of the molecule is CCN(CC)CCN1C2=NC(c3ccc(Cl)cc3)CN2c2ccccc21. The average Bonchev–Trinajstić information content (AvgIpc) is 3.22. The number of aliphatic imine (C=N–C) groups is 1. The van der Waals surface area contributed by atoms with Crippen LogP contribution < -0.4 is 9.80 Å². The largest absolute Gasteiger partial charge is 0.309 e. The number of fused-ring (bicyclic) bond motifs is 3. The number of guanidine groups is 1. The van der Waals surface area contributed by atoms with E-state index in [1.54, 1.807) is 0 Å². The van der Waals surface area contributed by atoms with Gasteiger partial charge in [-0.15, -0.1) is 0 Å². The molecule has 2 aromatic rings. The van der Waals surface area contributed by atoms with Crippen LogP contribution in [0.3, 0.4) is 0 Å². The predicted molar refractivity (Wildman–Crippen MR) is 111 cm³/mol. The summed E-state index contributed by atoms with van der Waals surface area (Å²) in [6.07, 6.45) is 0. The average molecular weight is 369 g/mol. The third-order valence-electron chi connectivity index (χ3n) is 5.36. The highest BCUT2D eigenvalue weighted by atomic mass is 35.5. The first-order chi connectivity index (χ1) is 12.7. The van der Waals surface area contributed by atoms with Gasteiger partial charge >= 0.3 is 0 Å². The lowest BCUT2D eigenvalue weighted by Gasteiger charge is -2.24. The van der Waals surface area contributed by atoms with E-state index in [-0.39, 0.29) is 6.04 Å². The van der Waals surface area contributed by atoms with Gasteiger partial charge in [0, 0.05) is 18.1 Å². The van der Waals surface area contributed by atoms with Crippen LogP contribution in [0.15, 0.2) is 53.5 Å². The Kier molecular flexibility index (Phi) is 4.88. The molecule has 4 rings (SSSR count). The Bertz CT molecular complexity index is 798. The number of benzene rings is 2. The van der Waals surface area contributed by atoms with Gasteiger partial charge in [-0.3, -0.25) is 0 Å². The van der Waals surface area contributed by atoms with Crippen molar-refractivity contribution in [2.75, 3.05) is 42.5 Å². The summed E-state index contributed by atoms with van der Waals surface area (Å²) < 4.78 is 0. The highest BCUT2D eigenvalue weighted by Crippen LogP contribution is 2.42. The van der Waals surface area contributed by atoms with Crippen LogP contribution in [0.25, 0.3) is 0 Å². The number of likely N-dealkylation sites (N-methyl/N-ethyl adjacent to an activating group) is 1. The Morgan fingerprint density at radius 1 is 1.04 bits per heavy atom. The van der Waals surface area contributed by atoms with Crippen LogP contribution in [0.2, 0.25) is 5.02 Å². The molecule has 0 radical (unpaired) electrons. The highest BCUT2D eigenvalue weighted by molar-refractivity contribution is 6.30. The Hall–Kier alpha value is -2.04. The van der Waals surface area contributed by atoms with Crippen LogP contribution in [-0.2, 0) is 0 Å². The summed E-state index contributed by atoms with van der Waals surface area (Å²) in [5.41, 5.74) is 3.76. The molecule has 2 aromatic carbocycles. The van der Waals surface area contributed by atoms with Crippen molar-refractivity contribution in [3.63, 3.8) is 0 Å². The smallest absolute Gasteiger partial charge is 0.206 e. The number of hydrogen-bond acceptors (Lipinski definition) is 4. The summed E-state index contributed by atoms with van der Waals surface area (Å²) in [5, 5.41) is 0.770. The van der Waals surface area contributed by atoms with Gasteiger partial charge in [0.05, 0.1) is 24.0 Å². The van der Waals surface area contributed by atoms with Gasteiger partial charge in [0.25, 0.3) is 0 Å². The molecule has 2 aliphatic rings. The van der Waals surface area contributed by atoms with Gasteiger partial charge in [-0.25, -0.2) is 4.99 Å². The normalized spacial score (nSPS) is 18.3. The molecule has 1 atom stereocenters. The fourth-order valence-corrected chi connectivity index (χ4v) is 3.95. The number of halogens is 1. The van der Waals surface area contributed by atoms with E-state index in [1.807, 2.05) is 12.1 Å². The van der Waals surface area contributed by atoms with Gasteiger partial charge in [-0.1, -0.05) is 49.7 Å². The number of anilines is 2. The second kappa shape index (κ2) is 7.29. The highest BCUT2D eigenvalue weighted by Gasteiger charge is 2.38. The standard InChI is InChI=1S/C21H25ClN4/c1-3-24(4-2)13-14-25-19-7-5-6-8-20(19)26-15-18(23-21(25)26)16-9-11-17(22)12-10-16/h5-12,18H,3-4,13-15H2,1-2H3. The van der Waals surface area contributed by atoms with Crippen LogP contribution in [0, 0.1) is 0 Å². The maximum absolute atomic E-state index is 6.04. The van der Waals surface area contributed by atoms with E-state index in [1.165, 1.54) is 16.9 Å². The molecule has 2 heterocycles. The summed E-state index contributed by atoms with van der Waals surface area (Å²) in [5.74, 6) is 1.08. The van der Waals surface area contributed by atoms with Gasteiger partial charge in [-0.2, -0.15) is 0 Å². The van der Waals surface area contributed by atoms with Gasteiger partial charge in [0.15, 0.2) is 0 Å². The minimum atomic E-state index is 0.159. The summed E-state index contributed by atoms with van der Waals surface area (Å²) in [6, 6.07) is 16.9. The molecule has 4 nitrogen and oxygen atoms in total. The second-order valence-electron chi connectivity index (χ2n) is 6.77. The van der Waals surface area contributed by atoms with E-state index in [0.717, 1.165) is 43.7 Å². The Balaban J connectivity index is 1.61. The van der Waals surface area contributed by atoms with Crippen LogP contribution >= 0.6 is 11.6 Å². The molecule has 0 saturated carbocycles. The molecule has 0 aromatic heterocycles. The Morgan fingerprint density at radius 2 is 1.73 bits per heavy atom. The molecule has 1 unspecified atom stereocenters. The van der Waals surface area contributed by atoms with Gasteiger partial charge in [-0.05, 0) is 42.9 Å². The molecule has 0 N–H and O–H groups in total. The molecule has 0 spiro atoms. The molecule has 0 fully saturated rings. The van der Waals surface area contributed by atoms with Crippen molar-refractivity contribution in [1.29, 1.82) is 0 Å². The van der Waals surface area contributed by atoms with Crippen LogP contribution in [0.1, 0.15) is 25.5 Å². The Labute approximate surface area is 160 Å². The van der Waals surface area contributed by atoms with Crippen LogP contribution in [0.5, 0.6) is 0 Å². The zero-order valence-corrected chi connectivity index (χ0v) is 16.2. The van der Waals surface area contributed by atoms with E-state index >= 15 is 0 Å². The van der Waals surface area contributed by atoms with Crippen molar-refractivity contribution in [2.24, 2.45) is 4.99 Å². The maximum atomic E-state index is 6.04. The molecule has 136 valence electrons. The van der Waals surface area contributed by atoms with Crippen molar-refractivity contribution in [3.05, 3.63) is 59.1 Å². The number of rotatable bonds is 6. The minimum Gasteiger partial charge on any atom is -0.309 e. The molecule has 0 amide bonds. The zero-order chi connectivity index (χ0) is 18.1. The zero-order valence-electron chi connectivity index (χ0n) is 15.4. The van der Waals surface area contributed by atoms with Crippen molar-refractivity contribution >= 4 is 28.9 Å². The first-order valence-electron chi connectivity index (χ1n) is 9.41. The molecule has 26 heavy (non-hydrogen) atoms.